The summed E-state index contributed by atoms with van der Waals surface area (Å²) in [5.74, 6) is -1.30. The molecule has 0 amide bonds. The van der Waals surface area contributed by atoms with E-state index in [2.05, 4.69) is 15.9 Å². The minimum absolute atomic E-state index is 0.108. The highest BCUT2D eigenvalue weighted by Crippen LogP contribution is 2.26. The van der Waals surface area contributed by atoms with Crippen molar-refractivity contribution in [2.75, 3.05) is 0 Å². The fourth-order valence-electron chi connectivity index (χ4n) is 1.93. The predicted octanol–water partition coefficient (Wildman–Crippen LogP) is 4.62. The number of benzene rings is 2. The van der Waals surface area contributed by atoms with E-state index >= 15 is 0 Å². The third-order valence-electron chi connectivity index (χ3n) is 2.76. The molecular weight excluding hydrogens is 336 g/mol. The van der Waals surface area contributed by atoms with Gasteiger partial charge in [-0.05, 0) is 36.2 Å². The van der Waals surface area contributed by atoms with E-state index in [9.17, 15) is 8.78 Å². The smallest absolute Gasteiger partial charge is 0.132 e. The molecule has 1 unspecified atom stereocenters. The van der Waals surface area contributed by atoms with E-state index in [1.54, 1.807) is 18.2 Å². The van der Waals surface area contributed by atoms with Crippen molar-refractivity contribution in [3.05, 3.63) is 68.7 Å². The van der Waals surface area contributed by atoms with Gasteiger partial charge in [0.15, 0.2) is 0 Å². The molecule has 2 rings (SSSR count). The van der Waals surface area contributed by atoms with Gasteiger partial charge in [-0.2, -0.15) is 0 Å². The van der Waals surface area contributed by atoms with E-state index in [4.69, 9.17) is 17.3 Å². The van der Waals surface area contributed by atoms with Crippen molar-refractivity contribution in [1.82, 2.24) is 0 Å². The van der Waals surface area contributed by atoms with E-state index in [1.807, 2.05) is 6.07 Å². The molecule has 0 fully saturated rings. The van der Waals surface area contributed by atoms with Gasteiger partial charge in [0.1, 0.15) is 11.6 Å². The van der Waals surface area contributed by atoms with Crippen molar-refractivity contribution < 1.29 is 8.78 Å². The van der Waals surface area contributed by atoms with E-state index in [1.165, 1.54) is 12.1 Å². The Morgan fingerprint density at radius 2 is 1.79 bits per heavy atom. The molecule has 100 valence electrons. The Morgan fingerprint density at radius 3 is 2.37 bits per heavy atom. The highest BCUT2D eigenvalue weighted by atomic mass is 79.9. The average molecular weight is 347 g/mol. The zero-order valence-corrected chi connectivity index (χ0v) is 12.2. The fraction of sp³-hybridized carbons (Fsp3) is 0.143. The van der Waals surface area contributed by atoms with Crippen LogP contribution in [0.4, 0.5) is 8.78 Å². The van der Waals surface area contributed by atoms with Crippen LogP contribution in [0.3, 0.4) is 0 Å². The van der Waals surface area contributed by atoms with Crippen molar-refractivity contribution in [2.24, 2.45) is 5.73 Å². The minimum atomic E-state index is -0.758. The van der Waals surface area contributed by atoms with Crippen LogP contribution in [-0.4, -0.2) is 0 Å². The molecule has 1 nitrogen and oxygen atoms in total. The van der Waals surface area contributed by atoms with Crippen LogP contribution in [0.15, 0.2) is 40.9 Å². The molecule has 0 heterocycles. The summed E-state index contributed by atoms with van der Waals surface area (Å²) in [6, 6.07) is 8.71. The minimum Gasteiger partial charge on any atom is -0.323 e. The highest BCUT2D eigenvalue weighted by Gasteiger charge is 2.18. The lowest BCUT2D eigenvalue weighted by molar-refractivity contribution is 0.523. The Labute approximate surface area is 123 Å². The molecule has 0 spiro atoms. The summed E-state index contributed by atoms with van der Waals surface area (Å²) in [4.78, 5) is 0. The van der Waals surface area contributed by atoms with Gasteiger partial charge >= 0.3 is 0 Å². The van der Waals surface area contributed by atoms with Gasteiger partial charge in [-0.1, -0.05) is 39.7 Å². The topological polar surface area (TPSA) is 26.0 Å². The number of rotatable bonds is 3. The number of halogens is 4. The Bertz CT molecular complexity index is 581. The first-order valence-corrected chi connectivity index (χ1v) is 6.79. The van der Waals surface area contributed by atoms with Gasteiger partial charge in [0, 0.05) is 21.1 Å². The van der Waals surface area contributed by atoms with Crippen LogP contribution >= 0.6 is 27.5 Å². The molecule has 0 bridgehead atoms. The van der Waals surface area contributed by atoms with Gasteiger partial charge in [0.05, 0.1) is 0 Å². The quantitative estimate of drug-likeness (QED) is 0.862. The molecule has 2 aromatic carbocycles. The van der Waals surface area contributed by atoms with Crippen LogP contribution in [0, 0.1) is 11.6 Å². The van der Waals surface area contributed by atoms with E-state index in [0.29, 0.717) is 15.9 Å². The first-order valence-electron chi connectivity index (χ1n) is 5.62. The summed E-state index contributed by atoms with van der Waals surface area (Å²) < 4.78 is 27.9. The molecule has 0 aliphatic rings. The maximum absolute atomic E-state index is 13.8. The summed E-state index contributed by atoms with van der Waals surface area (Å²) >= 11 is 8.90. The maximum atomic E-state index is 13.8. The van der Waals surface area contributed by atoms with Crippen molar-refractivity contribution in [2.45, 2.75) is 12.5 Å². The van der Waals surface area contributed by atoms with Crippen molar-refractivity contribution >= 4 is 27.5 Å². The standard InChI is InChI=1S/C14H11BrClF2N/c15-9-6-11(17)14(12(18)7-9)13(19)5-8-2-1-3-10(16)4-8/h1-4,6-7,13H,5,19H2. The molecule has 19 heavy (non-hydrogen) atoms. The van der Waals surface area contributed by atoms with Gasteiger partial charge in [0.25, 0.3) is 0 Å². The van der Waals surface area contributed by atoms with Gasteiger partial charge in [-0.3, -0.25) is 0 Å². The van der Waals surface area contributed by atoms with Crippen molar-refractivity contribution in [3.8, 4) is 0 Å². The zero-order valence-electron chi connectivity index (χ0n) is 9.84. The van der Waals surface area contributed by atoms with Crippen LogP contribution in [0.25, 0.3) is 0 Å². The second-order valence-electron chi connectivity index (χ2n) is 4.22. The number of hydrogen-bond donors (Lipinski definition) is 1. The lowest BCUT2D eigenvalue weighted by Crippen LogP contribution is -2.17. The molecule has 1 atom stereocenters. The third kappa shape index (κ3) is 3.53. The molecular formula is C14H11BrClF2N. The molecule has 0 saturated carbocycles. The molecule has 0 aliphatic heterocycles. The second-order valence-corrected chi connectivity index (χ2v) is 5.58. The number of hydrogen-bond acceptors (Lipinski definition) is 1. The summed E-state index contributed by atoms with van der Waals surface area (Å²) in [6.45, 7) is 0. The van der Waals surface area contributed by atoms with Gasteiger partial charge in [-0.25, -0.2) is 8.78 Å². The average Bonchev–Trinajstić information content (AvgIpc) is 2.27. The Morgan fingerprint density at radius 1 is 1.16 bits per heavy atom. The predicted molar refractivity (Wildman–Crippen MR) is 76.1 cm³/mol. The Balaban J connectivity index is 2.28. The first-order chi connectivity index (χ1) is 8.97. The third-order valence-corrected chi connectivity index (χ3v) is 3.45. The SMILES string of the molecule is NC(Cc1cccc(Cl)c1)c1c(F)cc(Br)cc1F. The molecule has 0 aromatic heterocycles. The normalized spacial score (nSPS) is 12.5. The fourth-order valence-corrected chi connectivity index (χ4v) is 2.54. The summed E-state index contributed by atoms with van der Waals surface area (Å²) in [6.07, 6.45) is 0.316. The molecule has 0 saturated heterocycles. The van der Waals surface area contributed by atoms with Crippen molar-refractivity contribution in [1.29, 1.82) is 0 Å². The largest absolute Gasteiger partial charge is 0.323 e. The van der Waals surface area contributed by atoms with Crippen LogP contribution in [0.2, 0.25) is 5.02 Å². The van der Waals surface area contributed by atoms with E-state index in [-0.39, 0.29) is 5.56 Å². The van der Waals surface area contributed by atoms with E-state index in [0.717, 1.165) is 5.56 Å². The molecule has 5 heteroatoms. The van der Waals surface area contributed by atoms with Crippen molar-refractivity contribution in [3.63, 3.8) is 0 Å². The molecule has 0 aliphatic carbocycles. The molecule has 2 aromatic rings. The first kappa shape index (κ1) is 14.4. The zero-order chi connectivity index (χ0) is 14.0. The van der Waals surface area contributed by atoms with Gasteiger partial charge in [-0.15, -0.1) is 0 Å². The molecule has 2 N–H and O–H groups in total. The van der Waals surface area contributed by atoms with Gasteiger partial charge < -0.3 is 5.73 Å². The molecule has 0 radical (unpaired) electrons. The van der Waals surface area contributed by atoms with Crippen LogP contribution < -0.4 is 5.73 Å². The highest BCUT2D eigenvalue weighted by molar-refractivity contribution is 9.10. The van der Waals surface area contributed by atoms with Gasteiger partial charge in [0.2, 0.25) is 0 Å². The second kappa shape index (κ2) is 5.99. The Hall–Kier alpha value is -0.970. The lowest BCUT2D eigenvalue weighted by atomic mass is 9.99. The lowest BCUT2D eigenvalue weighted by Gasteiger charge is -2.14. The summed E-state index contributed by atoms with van der Waals surface area (Å²) in [7, 11) is 0. The van der Waals surface area contributed by atoms with E-state index < -0.39 is 17.7 Å². The maximum Gasteiger partial charge on any atom is 0.132 e. The Kier molecular flexibility index (Phi) is 4.55. The monoisotopic (exact) mass is 345 g/mol. The number of nitrogens with two attached hydrogens (primary N) is 1. The summed E-state index contributed by atoms with van der Waals surface area (Å²) in [5.41, 5.74) is 6.62. The van der Waals surface area contributed by atoms with Crippen LogP contribution in [0.1, 0.15) is 17.2 Å². The summed E-state index contributed by atoms with van der Waals surface area (Å²) in [5, 5.41) is 0.571. The van der Waals surface area contributed by atoms with Crippen LogP contribution in [-0.2, 0) is 6.42 Å². The van der Waals surface area contributed by atoms with Crippen LogP contribution in [0.5, 0.6) is 0 Å².